The number of hydrogen-bond donors (Lipinski definition) is 0. The Balaban J connectivity index is 2.42. The highest BCUT2D eigenvalue weighted by Crippen LogP contribution is 2.15. The average Bonchev–Trinajstić information content (AvgIpc) is 2.70. The van der Waals surface area contributed by atoms with E-state index in [1.165, 1.54) is 12.4 Å². The highest BCUT2D eigenvalue weighted by Gasteiger charge is 2.11. The zero-order chi connectivity index (χ0) is 9.97. The first-order valence-corrected chi connectivity index (χ1v) is 4.32. The molecule has 14 heavy (non-hydrogen) atoms. The second-order valence-electron chi connectivity index (χ2n) is 2.63. The normalized spacial score (nSPS) is 10.1. The third-order valence-electron chi connectivity index (χ3n) is 1.73. The van der Waals surface area contributed by atoms with Crippen LogP contribution in [0.5, 0.6) is 0 Å². The van der Waals surface area contributed by atoms with Gasteiger partial charge in [0.2, 0.25) is 0 Å². The van der Waals surface area contributed by atoms with Crippen molar-refractivity contribution in [3.63, 3.8) is 0 Å². The summed E-state index contributed by atoms with van der Waals surface area (Å²) in [6.45, 7) is 0. The van der Waals surface area contributed by atoms with Gasteiger partial charge in [-0.2, -0.15) is 4.68 Å². The van der Waals surface area contributed by atoms with E-state index in [0.29, 0.717) is 10.6 Å². The molecule has 0 aliphatic rings. The molecule has 0 radical (unpaired) electrons. The van der Waals surface area contributed by atoms with Crippen molar-refractivity contribution in [2.45, 2.75) is 0 Å². The molecule has 2 aromatic rings. The van der Waals surface area contributed by atoms with Crippen LogP contribution in [0.3, 0.4) is 0 Å². The minimum Gasteiger partial charge on any atom is -0.267 e. The Morgan fingerprint density at radius 1 is 1.36 bits per heavy atom. The van der Waals surface area contributed by atoms with E-state index >= 15 is 0 Å². The van der Waals surface area contributed by atoms with Gasteiger partial charge in [-0.3, -0.25) is 4.79 Å². The van der Waals surface area contributed by atoms with Gasteiger partial charge in [0.25, 0.3) is 5.91 Å². The molecule has 70 valence electrons. The molecular formula is C9H6ClN3O. The first-order chi connectivity index (χ1) is 6.79. The number of carbonyl (C=O) groups excluding carboxylic acids is 1. The molecule has 4 nitrogen and oxygen atoms in total. The fourth-order valence-corrected chi connectivity index (χ4v) is 1.29. The van der Waals surface area contributed by atoms with E-state index in [-0.39, 0.29) is 5.91 Å². The quantitative estimate of drug-likeness (QED) is 0.714. The Morgan fingerprint density at radius 2 is 2.14 bits per heavy atom. The molecule has 0 aliphatic heterocycles. The van der Waals surface area contributed by atoms with Gasteiger partial charge in [0.1, 0.15) is 0 Å². The number of nitrogens with zero attached hydrogens (tertiary/aromatic N) is 3. The lowest BCUT2D eigenvalue weighted by Gasteiger charge is -2.00. The number of aromatic nitrogens is 3. The van der Waals surface area contributed by atoms with Crippen LogP contribution in [0.2, 0.25) is 5.02 Å². The van der Waals surface area contributed by atoms with Gasteiger partial charge in [-0.1, -0.05) is 28.9 Å². The van der Waals surface area contributed by atoms with Crippen LogP contribution in [0.1, 0.15) is 10.4 Å². The molecule has 0 saturated carbocycles. The lowest BCUT2D eigenvalue weighted by Crippen LogP contribution is -2.13. The minimum atomic E-state index is -0.284. The molecule has 0 N–H and O–H groups in total. The molecule has 5 heteroatoms. The van der Waals surface area contributed by atoms with Crippen LogP contribution < -0.4 is 0 Å². The standard InChI is InChI=1S/C9H6ClN3O/c10-8-4-2-1-3-7(8)9(14)13-6-5-11-12-13/h1-6H. The molecule has 0 atom stereocenters. The summed E-state index contributed by atoms with van der Waals surface area (Å²) >= 11 is 5.85. The van der Waals surface area contributed by atoms with E-state index in [0.717, 1.165) is 4.68 Å². The van der Waals surface area contributed by atoms with Crippen molar-refractivity contribution in [1.29, 1.82) is 0 Å². The van der Waals surface area contributed by atoms with Crippen molar-refractivity contribution >= 4 is 17.5 Å². The van der Waals surface area contributed by atoms with Crippen LogP contribution in [0, 0.1) is 0 Å². The fraction of sp³-hybridized carbons (Fsp3) is 0. The maximum atomic E-state index is 11.7. The Morgan fingerprint density at radius 3 is 2.79 bits per heavy atom. The average molecular weight is 208 g/mol. The largest absolute Gasteiger partial charge is 0.281 e. The van der Waals surface area contributed by atoms with Gasteiger partial charge in [-0.05, 0) is 12.1 Å². The summed E-state index contributed by atoms with van der Waals surface area (Å²) in [4.78, 5) is 11.7. The predicted octanol–water partition coefficient (Wildman–Crippen LogP) is 1.62. The van der Waals surface area contributed by atoms with Crippen molar-refractivity contribution in [3.05, 3.63) is 47.2 Å². The Hall–Kier alpha value is -1.68. The van der Waals surface area contributed by atoms with Crippen molar-refractivity contribution in [2.75, 3.05) is 0 Å². The Kier molecular flexibility index (Phi) is 2.28. The molecule has 1 aromatic heterocycles. The lowest BCUT2D eigenvalue weighted by molar-refractivity contribution is 0.0943. The van der Waals surface area contributed by atoms with Gasteiger partial charge in [-0.15, -0.1) is 5.10 Å². The third kappa shape index (κ3) is 1.52. The van der Waals surface area contributed by atoms with Gasteiger partial charge in [0.05, 0.1) is 23.0 Å². The molecule has 1 aromatic carbocycles. The van der Waals surface area contributed by atoms with Crippen molar-refractivity contribution < 1.29 is 4.79 Å². The second kappa shape index (κ2) is 3.59. The molecule has 0 bridgehead atoms. The summed E-state index contributed by atoms with van der Waals surface area (Å²) < 4.78 is 1.14. The van der Waals surface area contributed by atoms with Crippen LogP contribution in [0.25, 0.3) is 0 Å². The van der Waals surface area contributed by atoms with Gasteiger partial charge in [-0.25, -0.2) is 0 Å². The molecule has 2 rings (SSSR count). The number of hydrogen-bond acceptors (Lipinski definition) is 3. The minimum absolute atomic E-state index is 0.284. The number of rotatable bonds is 1. The number of benzene rings is 1. The summed E-state index contributed by atoms with van der Waals surface area (Å²) in [5.74, 6) is -0.284. The molecule has 1 heterocycles. The first-order valence-electron chi connectivity index (χ1n) is 3.94. The molecule has 0 unspecified atom stereocenters. The number of carbonyl (C=O) groups is 1. The molecule has 0 amide bonds. The highest BCUT2D eigenvalue weighted by atomic mass is 35.5. The second-order valence-corrected chi connectivity index (χ2v) is 3.04. The maximum absolute atomic E-state index is 11.7. The van der Waals surface area contributed by atoms with E-state index in [2.05, 4.69) is 10.3 Å². The van der Waals surface area contributed by atoms with Gasteiger partial charge >= 0.3 is 0 Å². The Bertz CT molecular complexity index is 453. The summed E-state index contributed by atoms with van der Waals surface area (Å²) in [7, 11) is 0. The van der Waals surface area contributed by atoms with Crippen molar-refractivity contribution in [2.24, 2.45) is 0 Å². The SMILES string of the molecule is O=C(c1ccccc1Cl)n1ccnn1. The van der Waals surface area contributed by atoms with Crippen LogP contribution >= 0.6 is 11.6 Å². The monoisotopic (exact) mass is 207 g/mol. The van der Waals surface area contributed by atoms with E-state index in [4.69, 9.17) is 11.6 Å². The molecule has 0 spiro atoms. The molecule has 0 fully saturated rings. The van der Waals surface area contributed by atoms with Crippen molar-refractivity contribution in [3.8, 4) is 0 Å². The van der Waals surface area contributed by atoms with Gasteiger partial charge in [0, 0.05) is 0 Å². The zero-order valence-corrected chi connectivity index (χ0v) is 7.85. The summed E-state index contributed by atoms with van der Waals surface area (Å²) in [6.07, 6.45) is 2.92. The Labute approximate surface area is 85.1 Å². The summed E-state index contributed by atoms with van der Waals surface area (Å²) in [5, 5.41) is 7.55. The van der Waals surface area contributed by atoms with Gasteiger partial charge in [0.15, 0.2) is 0 Å². The van der Waals surface area contributed by atoms with E-state index in [9.17, 15) is 4.79 Å². The maximum Gasteiger partial charge on any atom is 0.281 e. The van der Waals surface area contributed by atoms with Crippen LogP contribution in [0.4, 0.5) is 0 Å². The number of halogens is 1. The molecular weight excluding hydrogens is 202 g/mol. The topological polar surface area (TPSA) is 47.8 Å². The smallest absolute Gasteiger partial charge is 0.267 e. The zero-order valence-electron chi connectivity index (χ0n) is 7.09. The van der Waals surface area contributed by atoms with Crippen LogP contribution in [-0.4, -0.2) is 20.9 Å². The van der Waals surface area contributed by atoms with E-state index in [1.807, 2.05) is 0 Å². The van der Waals surface area contributed by atoms with Crippen LogP contribution in [0.15, 0.2) is 36.7 Å². The lowest BCUT2D eigenvalue weighted by atomic mass is 10.2. The summed E-state index contributed by atoms with van der Waals surface area (Å²) in [5.41, 5.74) is 0.416. The summed E-state index contributed by atoms with van der Waals surface area (Å²) in [6, 6.07) is 6.81. The molecule has 0 aliphatic carbocycles. The fourth-order valence-electron chi connectivity index (χ4n) is 1.07. The predicted molar refractivity (Wildman–Crippen MR) is 51.2 cm³/mol. The highest BCUT2D eigenvalue weighted by molar-refractivity contribution is 6.33. The molecule has 0 saturated heterocycles. The first kappa shape index (κ1) is 8.90. The van der Waals surface area contributed by atoms with Gasteiger partial charge < -0.3 is 0 Å². The van der Waals surface area contributed by atoms with Crippen LogP contribution in [-0.2, 0) is 0 Å². The van der Waals surface area contributed by atoms with E-state index < -0.39 is 0 Å². The third-order valence-corrected chi connectivity index (χ3v) is 2.06. The van der Waals surface area contributed by atoms with Crippen molar-refractivity contribution in [1.82, 2.24) is 15.0 Å². The van der Waals surface area contributed by atoms with E-state index in [1.54, 1.807) is 24.3 Å².